The van der Waals surface area contributed by atoms with E-state index in [2.05, 4.69) is 4.18 Å². The molecule has 1 amide bonds. The second-order valence-corrected chi connectivity index (χ2v) is 7.17. The first-order valence-electron chi connectivity index (χ1n) is 6.72. The second-order valence-electron chi connectivity index (χ2n) is 5.63. The predicted octanol–water partition coefficient (Wildman–Crippen LogP) is 2.68. The Morgan fingerprint density at radius 2 is 1.86 bits per heavy atom. The molecule has 1 saturated heterocycles. The highest BCUT2D eigenvalue weighted by Gasteiger charge is 2.49. The Morgan fingerprint density at radius 1 is 1.27 bits per heavy atom. The van der Waals surface area contributed by atoms with Gasteiger partial charge in [0.25, 0.3) is 0 Å². The summed E-state index contributed by atoms with van der Waals surface area (Å²) < 4.78 is 62.8. The number of hydrogen-bond acceptors (Lipinski definition) is 4. The lowest BCUT2D eigenvalue weighted by Gasteiger charge is -2.42. The van der Waals surface area contributed by atoms with E-state index in [0.717, 1.165) is 0 Å². The molecule has 2 aliphatic rings. The number of carboxylic acid groups (broad SMARTS) is 1. The number of rotatable bonds is 2. The highest BCUT2D eigenvalue weighted by Crippen LogP contribution is 2.44. The van der Waals surface area contributed by atoms with Crippen molar-refractivity contribution in [2.45, 2.75) is 37.6 Å². The largest absolute Gasteiger partial charge is 0.534 e. The summed E-state index contributed by atoms with van der Waals surface area (Å²) in [6, 6.07) is 0. The van der Waals surface area contributed by atoms with Gasteiger partial charge in [0.1, 0.15) is 5.76 Å². The summed E-state index contributed by atoms with van der Waals surface area (Å²) in [6.45, 7) is 0.750. The van der Waals surface area contributed by atoms with Crippen molar-refractivity contribution >= 4 is 16.2 Å². The Bertz CT molecular complexity index is 576. The molecule has 22 heavy (non-hydrogen) atoms. The number of piperidine rings is 1. The molecule has 0 unspecified atom stereocenters. The summed E-state index contributed by atoms with van der Waals surface area (Å²) in [6.07, 6.45) is 2.58. The van der Waals surface area contributed by atoms with Crippen LogP contribution in [-0.4, -0.2) is 43.1 Å². The van der Waals surface area contributed by atoms with E-state index < -0.39 is 21.7 Å². The molecular formula is C12H16F3NO5S. The molecular weight excluding hydrogens is 327 g/mol. The Kier molecular flexibility index (Phi) is 4.33. The second kappa shape index (κ2) is 5.64. The topological polar surface area (TPSA) is 83.9 Å². The number of nitrogens with zero attached hydrogens (tertiary/aromatic N) is 1. The molecule has 0 atom stereocenters. The molecule has 126 valence electrons. The molecule has 0 saturated carbocycles. The molecule has 2 rings (SSSR count). The van der Waals surface area contributed by atoms with E-state index >= 15 is 0 Å². The minimum Gasteiger partial charge on any atom is -0.465 e. The summed E-state index contributed by atoms with van der Waals surface area (Å²) in [5.74, 6) is -0.191. The van der Waals surface area contributed by atoms with Crippen molar-refractivity contribution in [1.29, 1.82) is 0 Å². The van der Waals surface area contributed by atoms with Crippen LogP contribution < -0.4 is 0 Å². The standard InChI is InChI=1S/C12H16F3NO5S/c13-12(14,15)22(19,20)21-9-1-3-11(4-2-9)5-7-16(8-6-11)10(17)18/h1H,2-8H2,(H,17,18). The number of amides is 1. The maximum absolute atomic E-state index is 12.3. The number of hydrogen-bond donors (Lipinski definition) is 1. The van der Waals surface area contributed by atoms with E-state index in [1.54, 1.807) is 0 Å². The number of halogens is 3. The van der Waals surface area contributed by atoms with Gasteiger partial charge >= 0.3 is 21.7 Å². The number of carbonyl (C=O) groups is 1. The van der Waals surface area contributed by atoms with Crippen LogP contribution in [0.15, 0.2) is 11.8 Å². The van der Waals surface area contributed by atoms with Gasteiger partial charge < -0.3 is 14.2 Å². The summed E-state index contributed by atoms with van der Waals surface area (Å²) >= 11 is 0. The maximum Gasteiger partial charge on any atom is 0.534 e. The monoisotopic (exact) mass is 343 g/mol. The van der Waals surface area contributed by atoms with Gasteiger partial charge in [0, 0.05) is 19.5 Å². The molecule has 10 heteroatoms. The smallest absolute Gasteiger partial charge is 0.465 e. The molecule has 0 bridgehead atoms. The van der Waals surface area contributed by atoms with Crippen molar-refractivity contribution in [2.75, 3.05) is 13.1 Å². The van der Waals surface area contributed by atoms with Crippen molar-refractivity contribution < 1.29 is 35.7 Å². The van der Waals surface area contributed by atoms with E-state index in [1.807, 2.05) is 0 Å². The van der Waals surface area contributed by atoms with Gasteiger partial charge in [0.05, 0.1) is 0 Å². The third-order valence-corrected chi connectivity index (χ3v) is 5.26. The minimum absolute atomic E-state index is 0.0996. The average molecular weight is 343 g/mol. The van der Waals surface area contributed by atoms with Gasteiger partial charge in [-0.25, -0.2) is 4.79 Å². The molecule has 0 radical (unpaired) electrons. The minimum atomic E-state index is -5.61. The van der Waals surface area contributed by atoms with Gasteiger partial charge in [-0.2, -0.15) is 21.6 Å². The van der Waals surface area contributed by atoms with E-state index in [0.29, 0.717) is 38.8 Å². The van der Waals surface area contributed by atoms with Crippen molar-refractivity contribution in [1.82, 2.24) is 4.90 Å². The Balaban J connectivity index is 1.98. The zero-order valence-electron chi connectivity index (χ0n) is 11.6. The van der Waals surface area contributed by atoms with Crippen LogP contribution in [0.2, 0.25) is 0 Å². The molecule has 1 heterocycles. The zero-order valence-corrected chi connectivity index (χ0v) is 12.4. The van der Waals surface area contributed by atoms with Gasteiger partial charge in [-0.15, -0.1) is 0 Å². The summed E-state index contributed by atoms with van der Waals surface area (Å²) in [7, 11) is -5.61. The van der Waals surface area contributed by atoms with Crippen molar-refractivity contribution in [3.8, 4) is 0 Å². The van der Waals surface area contributed by atoms with E-state index in [9.17, 15) is 26.4 Å². The third-order valence-electron chi connectivity index (χ3n) is 4.26. The quantitative estimate of drug-likeness (QED) is 0.616. The lowest BCUT2D eigenvalue weighted by molar-refractivity contribution is -0.0526. The summed E-state index contributed by atoms with van der Waals surface area (Å²) in [5.41, 5.74) is -5.61. The van der Waals surface area contributed by atoms with Gasteiger partial charge in [-0.1, -0.05) is 0 Å². The van der Waals surface area contributed by atoms with Crippen LogP contribution in [0.3, 0.4) is 0 Å². The molecule has 1 N–H and O–H groups in total. The fraction of sp³-hybridized carbons (Fsp3) is 0.750. The van der Waals surface area contributed by atoms with Crippen molar-refractivity contribution in [3.05, 3.63) is 11.8 Å². The van der Waals surface area contributed by atoms with Crippen molar-refractivity contribution in [3.63, 3.8) is 0 Å². The lowest BCUT2D eigenvalue weighted by atomic mass is 9.70. The molecule has 1 spiro atoms. The molecule has 0 aromatic rings. The normalized spacial score (nSPS) is 22.3. The lowest BCUT2D eigenvalue weighted by Crippen LogP contribution is -2.43. The molecule has 1 aliphatic carbocycles. The third kappa shape index (κ3) is 3.47. The van der Waals surface area contributed by atoms with Crippen LogP contribution in [0.4, 0.5) is 18.0 Å². The molecule has 6 nitrogen and oxygen atoms in total. The van der Waals surface area contributed by atoms with Gasteiger partial charge in [-0.3, -0.25) is 0 Å². The summed E-state index contributed by atoms with van der Waals surface area (Å²) in [4.78, 5) is 12.1. The SMILES string of the molecule is O=C(O)N1CCC2(CC=C(OS(=O)(=O)C(F)(F)F)CC2)CC1. The predicted molar refractivity (Wildman–Crippen MR) is 69.3 cm³/mol. The average Bonchev–Trinajstić information content (AvgIpc) is 2.41. The van der Waals surface area contributed by atoms with Crippen LogP contribution in [0.25, 0.3) is 0 Å². The van der Waals surface area contributed by atoms with Gasteiger partial charge in [0.15, 0.2) is 0 Å². The first kappa shape index (κ1) is 16.9. The Labute approximate surface area is 125 Å². The number of allylic oxidation sites excluding steroid dienone is 2. The zero-order chi connectivity index (χ0) is 16.6. The number of alkyl halides is 3. The van der Waals surface area contributed by atoms with E-state index in [4.69, 9.17) is 5.11 Å². The fourth-order valence-electron chi connectivity index (χ4n) is 2.81. The molecule has 0 aromatic heterocycles. The van der Waals surface area contributed by atoms with E-state index in [-0.39, 0.29) is 17.6 Å². The van der Waals surface area contributed by atoms with E-state index in [1.165, 1.54) is 11.0 Å². The number of likely N-dealkylation sites (tertiary alicyclic amines) is 1. The summed E-state index contributed by atoms with van der Waals surface area (Å²) in [5, 5.41) is 8.89. The van der Waals surface area contributed by atoms with Crippen LogP contribution in [0.1, 0.15) is 32.1 Å². The molecule has 0 aromatic carbocycles. The van der Waals surface area contributed by atoms with Gasteiger partial charge in [-0.05, 0) is 37.2 Å². The maximum atomic E-state index is 12.3. The first-order valence-corrected chi connectivity index (χ1v) is 8.13. The first-order chi connectivity index (χ1) is 10.0. The highest BCUT2D eigenvalue weighted by molar-refractivity contribution is 7.87. The fourth-order valence-corrected chi connectivity index (χ4v) is 3.34. The van der Waals surface area contributed by atoms with Crippen LogP contribution in [-0.2, 0) is 14.3 Å². The molecule has 1 fully saturated rings. The Hall–Kier alpha value is -1.45. The van der Waals surface area contributed by atoms with Crippen molar-refractivity contribution in [2.24, 2.45) is 5.41 Å². The highest BCUT2D eigenvalue weighted by atomic mass is 32.2. The Morgan fingerprint density at radius 3 is 2.27 bits per heavy atom. The van der Waals surface area contributed by atoms with Gasteiger partial charge in [0.2, 0.25) is 0 Å². The van der Waals surface area contributed by atoms with Crippen LogP contribution in [0, 0.1) is 5.41 Å². The molecule has 1 aliphatic heterocycles. The van der Waals surface area contributed by atoms with Crippen LogP contribution in [0.5, 0.6) is 0 Å². The van der Waals surface area contributed by atoms with Crippen LogP contribution >= 0.6 is 0 Å².